The predicted molar refractivity (Wildman–Crippen MR) is 89.8 cm³/mol. The van der Waals surface area contributed by atoms with Crippen LogP contribution in [0.3, 0.4) is 0 Å². The van der Waals surface area contributed by atoms with E-state index in [1.165, 1.54) is 0 Å². The fourth-order valence-corrected chi connectivity index (χ4v) is 3.02. The molecular weight excluding hydrogens is 294 g/mol. The molecule has 0 radical (unpaired) electrons. The van der Waals surface area contributed by atoms with Crippen molar-refractivity contribution in [1.29, 1.82) is 0 Å². The molecule has 2 aromatic rings. The molecule has 1 atom stereocenters. The number of anilines is 1. The van der Waals surface area contributed by atoms with Crippen molar-refractivity contribution in [1.82, 2.24) is 19.7 Å². The van der Waals surface area contributed by atoms with Gasteiger partial charge in [-0.25, -0.2) is 4.98 Å². The number of aromatic nitrogens is 4. The lowest BCUT2D eigenvalue weighted by Crippen LogP contribution is -2.40. The van der Waals surface area contributed by atoms with Gasteiger partial charge >= 0.3 is 0 Å². The minimum Gasteiger partial charge on any atom is -0.358 e. The Morgan fingerprint density at radius 1 is 1.30 bits per heavy atom. The zero-order valence-corrected chi connectivity index (χ0v) is 14.5. The zero-order valence-electron chi connectivity index (χ0n) is 14.5. The summed E-state index contributed by atoms with van der Waals surface area (Å²) in [5, 5.41) is 7.18. The zero-order chi connectivity index (χ0) is 16.8. The molecular formula is C16H25N5O2. The van der Waals surface area contributed by atoms with Crippen LogP contribution in [0.2, 0.25) is 0 Å². The Bertz CT molecular complexity index is 765. The highest BCUT2D eigenvalue weighted by atomic mass is 16.5. The monoisotopic (exact) mass is 319 g/mol. The van der Waals surface area contributed by atoms with Gasteiger partial charge in [0.25, 0.3) is 5.56 Å². The Labute approximate surface area is 135 Å². The maximum Gasteiger partial charge on any atom is 0.283 e. The third-order valence-electron chi connectivity index (χ3n) is 4.41. The number of hydrogen-bond acceptors (Lipinski definition) is 5. The number of H-pyrrole nitrogens is 1. The van der Waals surface area contributed by atoms with E-state index in [1.54, 1.807) is 11.6 Å². The molecule has 3 rings (SSSR count). The van der Waals surface area contributed by atoms with Gasteiger partial charge in [0.2, 0.25) is 5.95 Å². The van der Waals surface area contributed by atoms with E-state index in [4.69, 9.17) is 9.72 Å². The summed E-state index contributed by atoms with van der Waals surface area (Å²) in [6.07, 6.45) is 3.13. The molecule has 1 aliphatic rings. The standard InChI is InChI=1S/C16H25N5O2/c1-16(2,3)13-11-12(18-19-13)14(22)21(5)15(17-11)20(4)10-8-6-7-9-23-10/h10H,6-9H2,1-5H3,(H,18,19). The molecule has 23 heavy (non-hydrogen) atoms. The highest BCUT2D eigenvalue weighted by Crippen LogP contribution is 2.27. The molecule has 7 nitrogen and oxygen atoms in total. The third-order valence-corrected chi connectivity index (χ3v) is 4.41. The number of nitrogens with one attached hydrogen (secondary N) is 1. The SMILES string of the molecule is CN(c1nc2c(C(C)(C)C)[nH]nc2c(=O)n1C)C1CCCCO1. The van der Waals surface area contributed by atoms with E-state index in [9.17, 15) is 4.79 Å². The minimum absolute atomic E-state index is 0.0377. The van der Waals surface area contributed by atoms with Gasteiger partial charge in [0.05, 0.1) is 5.69 Å². The van der Waals surface area contributed by atoms with Crippen LogP contribution >= 0.6 is 0 Å². The van der Waals surface area contributed by atoms with E-state index in [0.717, 1.165) is 31.6 Å². The van der Waals surface area contributed by atoms with Gasteiger partial charge in [-0.1, -0.05) is 20.8 Å². The van der Waals surface area contributed by atoms with Crippen LogP contribution in [0.1, 0.15) is 45.7 Å². The van der Waals surface area contributed by atoms with E-state index < -0.39 is 0 Å². The Morgan fingerprint density at radius 2 is 2.04 bits per heavy atom. The summed E-state index contributed by atoms with van der Waals surface area (Å²) in [6, 6.07) is 0. The van der Waals surface area contributed by atoms with Crippen LogP contribution in [-0.4, -0.2) is 39.6 Å². The number of ether oxygens (including phenoxy) is 1. The van der Waals surface area contributed by atoms with Crippen LogP contribution < -0.4 is 10.5 Å². The second-order valence-electron chi connectivity index (χ2n) is 7.25. The first-order valence-corrected chi connectivity index (χ1v) is 8.10. The van der Waals surface area contributed by atoms with Crippen molar-refractivity contribution in [2.45, 2.75) is 51.7 Å². The number of nitrogens with zero attached hydrogens (tertiary/aromatic N) is 4. The second kappa shape index (κ2) is 5.63. The van der Waals surface area contributed by atoms with E-state index in [-0.39, 0.29) is 17.2 Å². The van der Waals surface area contributed by atoms with Gasteiger partial charge in [-0.05, 0) is 19.3 Å². The quantitative estimate of drug-likeness (QED) is 0.915. The second-order valence-corrected chi connectivity index (χ2v) is 7.25. The fraction of sp³-hybridized carbons (Fsp3) is 0.688. The van der Waals surface area contributed by atoms with Gasteiger partial charge in [0, 0.05) is 26.1 Å². The lowest BCUT2D eigenvalue weighted by molar-refractivity contribution is 0.0162. The van der Waals surface area contributed by atoms with Crippen LogP contribution in [0.5, 0.6) is 0 Å². The number of aromatic amines is 1. The summed E-state index contributed by atoms with van der Waals surface area (Å²) in [6.45, 7) is 6.98. The highest BCUT2D eigenvalue weighted by molar-refractivity contribution is 5.78. The molecule has 2 aromatic heterocycles. The smallest absolute Gasteiger partial charge is 0.283 e. The summed E-state index contributed by atoms with van der Waals surface area (Å²) >= 11 is 0. The maximum absolute atomic E-state index is 12.6. The van der Waals surface area contributed by atoms with Crippen LogP contribution in [0.4, 0.5) is 5.95 Å². The summed E-state index contributed by atoms with van der Waals surface area (Å²) in [4.78, 5) is 19.4. The van der Waals surface area contributed by atoms with Crippen molar-refractivity contribution < 1.29 is 4.74 Å². The molecule has 1 unspecified atom stereocenters. The van der Waals surface area contributed by atoms with Crippen LogP contribution in [-0.2, 0) is 17.2 Å². The first-order chi connectivity index (χ1) is 10.8. The maximum atomic E-state index is 12.6. The fourth-order valence-electron chi connectivity index (χ4n) is 3.02. The normalized spacial score (nSPS) is 19.3. The van der Waals surface area contributed by atoms with Crippen LogP contribution in [0.25, 0.3) is 11.0 Å². The van der Waals surface area contributed by atoms with E-state index in [2.05, 4.69) is 31.0 Å². The molecule has 1 aliphatic heterocycles. The molecule has 1 N–H and O–H groups in total. The minimum atomic E-state index is -0.161. The largest absolute Gasteiger partial charge is 0.358 e. The molecule has 0 aliphatic carbocycles. The van der Waals surface area contributed by atoms with Crippen molar-refractivity contribution in [3.63, 3.8) is 0 Å². The van der Waals surface area contributed by atoms with Crippen molar-refractivity contribution >= 4 is 17.0 Å². The van der Waals surface area contributed by atoms with Gasteiger partial charge in [-0.15, -0.1) is 0 Å². The molecule has 3 heterocycles. The lowest BCUT2D eigenvalue weighted by atomic mass is 9.91. The van der Waals surface area contributed by atoms with Gasteiger partial charge in [0.15, 0.2) is 5.52 Å². The number of rotatable bonds is 2. The van der Waals surface area contributed by atoms with E-state index >= 15 is 0 Å². The van der Waals surface area contributed by atoms with E-state index in [0.29, 0.717) is 17.0 Å². The number of hydrogen-bond donors (Lipinski definition) is 1. The Kier molecular flexibility index (Phi) is 3.91. The van der Waals surface area contributed by atoms with Crippen LogP contribution in [0, 0.1) is 0 Å². The average molecular weight is 319 g/mol. The molecule has 0 aromatic carbocycles. The Morgan fingerprint density at radius 3 is 2.65 bits per heavy atom. The Balaban J connectivity index is 2.13. The van der Waals surface area contributed by atoms with Crippen molar-refractivity contribution in [2.75, 3.05) is 18.6 Å². The lowest BCUT2D eigenvalue weighted by Gasteiger charge is -2.32. The Hall–Kier alpha value is -1.89. The van der Waals surface area contributed by atoms with Gasteiger partial charge in [-0.2, -0.15) is 5.10 Å². The summed E-state index contributed by atoms with van der Waals surface area (Å²) in [5.74, 6) is 0.612. The highest BCUT2D eigenvalue weighted by Gasteiger charge is 2.27. The van der Waals surface area contributed by atoms with Crippen molar-refractivity contribution in [3.05, 3.63) is 16.0 Å². The molecule has 1 saturated heterocycles. The molecule has 126 valence electrons. The molecule has 0 amide bonds. The topological polar surface area (TPSA) is 76.0 Å². The van der Waals surface area contributed by atoms with E-state index in [1.807, 2.05) is 11.9 Å². The number of fused-ring (bicyclic) bond motifs is 1. The van der Waals surface area contributed by atoms with Gasteiger partial charge in [-0.3, -0.25) is 14.5 Å². The molecule has 0 saturated carbocycles. The van der Waals surface area contributed by atoms with Crippen molar-refractivity contribution in [3.8, 4) is 0 Å². The van der Waals surface area contributed by atoms with Gasteiger partial charge in [0.1, 0.15) is 11.7 Å². The predicted octanol–water partition coefficient (Wildman–Crippen LogP) is 1.92. The average Bonchev–Trinajstić information content (AvgIpc) is 2.95. The summed E-state index contributed by atoms with van der Waals surface area (Å²) in [5.41, 5.74) is 1.62. The molecule has 1 fully saturated rings. The molecule has 0 bridgehead atoms. The molecule has 0 spiro atoms. The first-order valence-electron chi connectivity index (χ1n) is 8.10. The summed E-state index contributed by atoms with van der Waals surface area (Å²) in [7, 11) is 3.66. The van der Waals surface area contributed by atoms with Crippen molar-refractivity contribution in [2.24, 2.45) is 7.05 Å². The summed E-state index contributed by atoms with van der Waals surface area (Å²) < 4.78 is 7.38. The first kappa shape index (κ1) is 16.0. The third kappa shape index (κ3) is 2.73. The molecule has 7 heteroatoms. The van der Waals surface area contributed by atoms with Gasteiger partial charge < -0.3 is 9.64 Å². The van der Waals surface area contributed by atoms with Crippen LogP contribution in [0.15, 0.2) is 4.79 Å².